The summed E-state index contributed by atoms with van der Waals surface area (Å²) in [7, 11) is -3.56. The molecule has 112 valence electrons. The highest BCUT2D eigenvalue weighted by Gasteiger charge is 2.16. The highest BCUT2D eigenvalue weighted by Crippen LogP contribution is 2.17. The first-order valence-corrected chi connectivity index (χ1v) is 8.22. The van der Waals surface area contributed by atoms with Crippen LogP contribution in [0.4, 0.5) is 4.39 Å². The Bertz CT molecular complexity index is 869. The zero-order valence-corrected chi connectivity index (χ0v) is 12.5. The van der Waals surface area contributed by atoms with Gasteiger partial charge in [-0.25, -0.2) is 16.8 Å². The summed E-state index contributed by atoms with van der Waals surface area (Å²) in [5, 5.41) is 0. The molecular weight excluding hydrogens is 301 g/mol. The van der Waals surface area contributed by atoms with Gasteiger partial charge in [0, 0.05) is 12.4 Å². The molecule has 0 amide bonds. The topological polar surface area (TPSA) is 39.1 Å². The molecule has 0 bridgehead atoms. The van der Waals surface area contributed by atoms with Gasteiger partial charge in [-0.3, -0.25) is 0 Å². The molecule has 0 radical (unpaired) electrons. The van der Waals surface area contributed by atoms with E-state index < -0.39 is 10.0 Å². The number of benzene rings is 2. The van der Waals surface area contributed by atoms with E-state index in [2.05, 4.69) is 0 Å². The molecule has 1 heterocycles. The lowest BCUT2D eigenvalue weighted by Gasteiger charge is -2.05. The van der Waals surface area contributed by atoms with Gasteiger partial charge in [-0.15, -0.1) is 0 Å². The fourth-order valence-electron chi connectivity index (χ4n) is 2.22. The number of hydrogen-bond donors (Lipinski definition) is 0. The predicted octanol–water partition coefficient (Wildman–Crippen LogP) is 3.46. The lowest BCUT2D eigenvalue weighted by atomic mass is 10.1. The van der Waals surface area contributed by atoms with E-state index in [0.717, 1.165) is 11.1 Å². The van der Waals surface area contributed by atoms with E-state index in [1.54, 1.807) is 54.7 Å². The van der Waals surface area contributed by atoms with Crippen molar-refractivity contribution < 1.29 is 12.8 Å². The van der Waals surface area contributed by atoms with Gasteiger partial charge >= 0.3 is 0 Å². The van der Waals surface area contributed by atoms with Crippen LogP contribution in [0.15, 0.2) is 78.0 Å². The molecule has 0 spiro atoms. The number of halogens is 1. The number of nitrogens with zero attached hydrogens (tertiary/aromatic N) is 1. The molecule has 0 fully saturated rings. The van der Waals surface area contributed by atoms with Gasteiger partial charge in [0.1, 0.15) is 5.82 Å². The lowest BCUT2D eigenvalue weighted by molar-refractivity contribution is 0.587. The first kappa shape index (κ1) is 14.5. The molecule has 5 heteroatoms. The van der Waals surface area contributed by atoms with Crippen molar-refractivity contribution in [3.63, 3.8) is 0 Å². The summed E-state index contributed by atoms with van der Waals surface area (Å²) in [5.41, 5.74) is 1.78. The second-order valence-corrected chi connectivity index (χ2v) is 6.81. The molecule has 3 rings (SSSR count). The standard InChI is InChI=1S/C17H14FNO2S/c18-16-8-6-14(7-9-16)12-15-10-11-19(13-15)22(20,21)17-4-2-1-3-5-17/h1-11,13H,12H2. The average molecular weight is 315 g/mol. The fourth-order valence-corrected chi connectivity index (χ4v) is 3.46. The summed E-state index contributed by atoms with van der Waals surface area (Å²) < 4.78 is 39.0. The first-order chi connectivity index (χ1) is 10.6. The maximum Gasteiger partial charge on any atom is 0.267 e. The minimum Gasteiger partial charge on any atom is -0.249 e. The van der Waals surface area contributed by atoms with Crippen LogP contribution in [-0.2, 0) is 16.4 Å². The Labute approximate surface area is 128 Å². The largest absolute Gasteiger partial charge is 0.267 e. The Hall–Kier alpha value is -2.40. The molecule has 1 aromatic heterocycles. The zero-order chi connectivity index (χ0) is 15.6. The molecular formula is C17H14FNO2S. The number of rotatable bonds is 4. The van der Waals surface area contributed by atoms with Gasteiger partial charge in [-0.05, 0) is 47.9 Å². The molecule has 3 aromatic rings. The quantitative estimate of drug-likeness (QED) is 0.739. The molecule has 2 aromatic carbocycles. The smallest absolute Gasteiger partial charge is 0.249 e. The average Bonchev–Trinajstić information content (AvgIpc) is 3.00. The summed E-state index contributed by atoms with van der Waals surface area (Å²) in [6.07, 6.45) is 3.67. The third kappa shape index (κ3) is 2.94. The van der Waals surface area contributed by atoms with Gasteiger partial charge in [-0.2, -0.15) is 0 Å². The molecule has 0 N–H and O–H groups in total. The molecule has 0 aliphatic carbocycles. The summed E-state index contributed by atoms with van der Waals surface area (Å²) in [5.74, 6) is -0.284. The van der Waals surface area contributed by atoms with Gasteiger partial charge in [-0.1, -0.05) is 30.3 Å². The second-order valence-electron chi connectivity index (χ2n) is 4.97. The van der Waals surface area contributed by atoms with Crippen LogP contribution >= 0.6 is 0 Å². The molecule has 0 aliphatic rings. The zero-order valence-electron chi connectivity index (χ0n) is 11.7. The molecule has 0 saturated heterocycles. The van der Waals surface area contributed by atoms with Gasteiger partial charge in [0.2, 0.25) is 0 Å². The second kappa shape index (κ2) is 5.77. The van der Waals surface area contributed by atoms with Crippen LogP contribution in [0.5, 0.6) is 0 Å². The Morgan fingerprint density at radius 3 is 2.23 bits per heavy atom. The van der Waals surface area contributed by atoms with Gasteiger partial charge in [0.25, 0.3) is 10.0 Å². The molecule has 22 heavy (non-hydrogen) atoms. The third-order valence-corrected chi connectivity index (χ3v) is 5.02. The van der Waals surface area contributed by atoms with Crippen molar-refractivity contribution in [3.8, 4) is 0 Å². The first-order valence-electron chi connectivity index (χ1n) is 6.78. The Balaban J connectivity index is 1.86. The molecule has 0 saturated carbocycles. The summed E-state index contributed by atoms with van der Waals surface area (Å²) in [6.45, 7) is 0. The van der Waals surface area contributed by atoms with E-state index in [1.807, 2.05) is 0 Å². The maximum absolute atomic E-state index is 12.9. The van der Waals surface area contributed by atoms with E-state index in [1.165, 1.54) is 22.3 Å². The van der Waals surface area contributed by atoms with E-state index in [-0.39, 0.29) is 10.7 Å². The van der Waals surface area contributed by atoms with Crippen molar-refractivity contribution in [2.24, 2.45) is 0 Å². The van der Waals surface area contributed by atoms with Gasteiger partial charge in [0.05, 0.1) is 4.90 Å². The van der Waals surface area contributed by atoms with Crippen molar-refractivity contribution in [2.45, 2.75) is 11.3 Å². The lowest BCUT2D eigenvalue weighted by Crippen LogP contribution is -2.10. The van der Waals surface area contributed by atoms with Crippen LogP contribution in [0.1, 0.15) is 11.1 Å². The summed E-state index contributed by atoms with van der Waals surface area (Å²) >= 11 is 0. The predicted molar refractivity (Wildman–Crippen MR) is 82.7 cm³/mol. The monoisotopic (exact) mass is 315 g/mol. The molecule has 0 aliphatic heterocycles. The summed E-state index contributed by atoms with van der Waals surface area (Å²) in [4.78, 5) is 0.249. The number of aromatic nitrogens is 1. The van der Waals surface area contributed by atoms with Crippen molar-refractivity contribution in [3.05, 3.63) is 90.0 Å². The van der Waals surface area contributed by atoms with Crippen LogP contribution in [0.2, 0.25) is 0 Å². The SMILES string of the molecule is O=S(=O)(c1ccccc1)n1ccc(Cc2ccc(F)cc2)c1. The summed E-state index contributed by atoms with van der Waals surface area (Å²) in [6, 6.07) is 16.2. The van der Waals surface area contributed by atoms with Crippen LogP contribution in [0.25, 0.3) is 0 Å². The Morgan fingerprint density at radius 1 is 0.864 bits per heavy atom. The minimum absolute atomic E-state index is 0.249. The highest BCUT2D eigenvalue weighted by atomic mass is 32.2. The van der Waals surface area contributed by atoms with E-state index in [4.69, 9.17) is 0 Å². The van der Waals surface area contributed by atoms with Crippen molar-refractivity contribution >= 4 is 10.0 Å². The molecule has 0 unspecified atom stereocenters. The fraction of sp³-hybridized carbons (Fsp3) is 0.0588. The normalized spacial score (nSPS) is 11.5. The van der Waals surface area contributed by atoms with Crippen LogP contribution < -0.4 is 0 Å². The van der Waals surface area contributed by atoms with Crippen molar-refractivity contribution in [1.82, 2.24) is 3.97 Å². The molecule has 0 atom stereocenters. The van der Waals surface area contributed by atoms with Crippen LogP contribution in [0, 0.1) is 5.82 Å². The Kier molecular flexibility index (Phi) is 3.81. The van der Waals surface area contributed by atoms with Crippen LogP contribution in [-0.4, -0.2) is 12.4 Å². The number of hydrogen-bond acceptors (Lipinski definition) is 2. The van der Waals surface area contributed by atoms with Gasteiger partial charge < -0.3 is 0 Å². The Morgan fingerprint density at radius 2 is 1.55 bits per heavy atom. The van der Waals surface area contributed by atoms with Crippen LogP contribution in [0.3, 0.4) is 0 Å². The van der Waals surface area contributed by atoms with E-state index in [9.17, 15) is 12.8 Å². The highest BCUT2D eigenvalue weighted by molar-refractivity contribution is 7.90. The molecule has 3 nitrogen and oxygen atoms in total. The third-order valence-electron chi connectivity index (χ3n) is 3.37. The van der Waals surface area contributed by atoms with Crippen molar-refractivity contribution in [1.29, 1.82) is 0 Å². The van der Waals surface area contributed by atoms with E-state index in [0.29, 0.717) is 6.42 Å². The van der Waals surface area contributed by atoms with E-state index >= 15 is 0 Å². The van der Waals surface area contributed by atoms with Crippen molar-refractivity contribution in [2.75, 3.05) is 0 Å². The van der Waals surface area contributed by atoms with Gasteiger partial charge in [0.15, 0.2) is 0 Å². The minimum atomic E-state index is -3.56. The maximum atomic E-state index is 12.9.